The normalized spacial score (nSPS) is 21.7. The highest BCUT2D eigenvalue weighted by atomic mass is 19.4. The molecule has 0 bridgehead atoms. The monoisotopic (exact) mass is 458 g/mol. The Bertz CT molecular complexity index is 1140. The Kier molecular flexibility index (Phi) is 5.82. The maximum absolute atomic E-state index is 13.8. The van der Waals surface area contributed by atoms with Crippen LogP contribution >= 0.6 is 0 Å². The second kappa shape index (κ2) is 8.78. The molecule has 2 atom stereocenters. The molecule has 2 aromatic heterocycles. The number of rotatable bonds is 4. The number of benzene rings is 1. The Morgan fingerprint density at radius 3 is 2.64 bits per heavy atom. The number of carbonyl (C=O) groups excluding carboxylic acids is 1. The number of carbonyl (C=O) groups is 1. The van der Waals surface area contributed by atoms with Gasteiger partial charge in [0.2, 0.25) is 0 Å². The Hall–Kier alpha value is -2.94. The van der Waals surface area contributed by atoms with Crippen molar-refractivity contribution < 1.29 is 22.7 Å². The maximum Gasteiger partial charge on any atom is 0.433 e. The van der Waals surface area contributed by atoms with E-state index < -0.39 is 17.8 Å². The predicted molar refractivity (Wildman–Crippen MR) is 116 cm³/mol. The lowest BCUT2D eigenvalue weighted by Gasteiger charge is -2.44. The lowest BCUT2D eigenvalue weighted by atomic mass is 9.84. The lowest BCUT2D eigenvalue weighted by molar-refractivity contribution is -0.142. The van der Waals surface area contributed by atoms with E-state index in [1.807, 2.05) is 0 Å². The molecule has 0 radical (unpaired) electrons. The summed E-state index contributed by atoms with van der Waals surface area (Å²) in [5.74, 6) is -0.476. The molecule has 5 rings (SSSR count). The van der Waals surface area contributed by atoms with Gasteiger partial charge in [0.25, 0.3) is 0 Å². The Morgan fingerprint density at radius 1 is 1.06 bits per heavy atom. The Balaban J connectivity index is 1.39. The molecule has 9 heteroatoms. The minimum Gasteiger partial charge on any atom is -0.461 e. The number of alkyl halides is 3. The average Bonchev–Trinajstić information content (AvgIpc) is 3.26. The van der Waals surface area contributed by atoms with Gasteiger partial charge in [-0.15, -0.1) is 0 Å². The molecular formula is C24H25F3N4O2. The van der Waals surface area contributed by atoms with E-state index in [4.69, 9.17) is 4.74 Å². The van der Waals surface area contributed by atoms with Crippen molar-refractivity contribution in [2.45, 2.75) is 44.3 Å². The van der Waals surface area contributed by atoms with E-state index in [9.17, 15) is 18.0 Å². The molecular weight excluding hydrogens is 433 g/mol. The largest absolute Gasteiger partial charge is 0.461 e. The van der Waals surface area contributed by atoms with Crippen LogP contribution in [0.15, 0.2) is 42.5 Å². The molecule has 0 aliphatic carbocycles. The summed E-state index contributed by atoms with van der Waals surface area (Å²) in [6, 6.07) is 11.2. The van der Waals surface area contributed by atoms with Gasteiger partial charge in [-0.1, -0.05) is 36.8 Å². The summed E-state index contributed by atoms with van der Waals surface area (Å²) >= 11 is 0. The van der Waals surface area contributed by atoms with Gasteiger partial charge < -0.3 is 4.74 Å². The molecule has 33 heavy (non-hydrogen) atoms. The molecule has 1 aromatic carbocycles. The van der Waals surface area contributed by atoms with E-state index in [0.29, 0.717) is 16.1 Å². The number of halogens is 3. The van der Waals surface area contributed by atoms with Crippen LogP contribution in [0, 0.1) is 5.92 Å². The lowest BCUT2D eigenvalue weighted by Crippen LogP contribution is -2.49. The van der Waals surface area contributed by atoms with E-state index in [0.717, 1.165) is 38.4 Å². The number of piperidine rings is 2. The fourth-order valence-electron chi connectivity index (χ4n) is 5.06. The van der Waals surface area contributed by atoms with Crippen molar-refractivity contribution >= 4 is 11.6 Å². The topological polar surface area (TPSA) is 59.7 Å². The highest BCUT2D eigenvalue weighted by molar-refractivity contribution is 5.88. The zero-order chi connectivity index (χ0) is 23.0. The first-order valence-corrected chi connectivity index (χ1v) is 11.3. The fourth-order valence-corrected chi connectivity index (χ4v) is 5.06. The summed E-state index contributed by atoms with van der Waals surface area (Å²) < 4.78 is 47.5. The van der Waals surface area contributed by atoms with E-state index in [-0.39, 0.29) is 29.6 Å². The highest BCUT2D eigenvalue weighted by Crippen LogP contribution is 2.33. The van der Waals surface area contributed by atoms with Gasteiger partial charge in [-0.05, 0) is 44.8 Å². The number of fused-ring (bicyclic) bond motifs is 2. The second-order valence-electron chi connectivity index (χ2n) is 8.79. The molecule has 3 aromatic rings. The van der Waals surface area contributed by atoms with Crippen LogP contribution in [-0.4, -0.2) is 51.2 Å². The first-order chi connectivity index (χ1) is 15.9. The minimum atomic E-state index is -4.66. The molecule has 0 amide bonds. The molecule has 0 unspecified atom stereocenters. The SMILES string of the molecule is O=C(OC[C@H]1CCCN2CCCC[C@H]12)c1cc2nc(-c3ccccc3)cc(C(F)(F)F)n2n1. The van der Waals surface area contributed by atoms with Crippen molar-refractivity contribution in [2.24, 2.45) is 5.92 Å². The number of hydrogen-bond acceptors (Lipinski definition) is 5. The number of hydrogen-bond donors (Lipinski definition) is 0. The summed E-state index contributed by atoms with van der Waals surface area (Å²) in [5.41, 5.74) is -0.503. The Labute approximate surface area is 189 Å². The van der Waals surface area contributed by atoms with Crippen LogP contribution in [0.4, 0.5) is 13.2 Å². The van der Waals surface area contributed by atoms with Crippen LogP contribution in [0.2, 0.25) is 0 Å². The van der Waals surface area contributed by atoms with Crippen molar-refractivity contribution in [3.63, 3.8) is 0 Å². The zero-order valence-corrected chi connectivity index (χ0v) is 18.1. The minimum absolute atomic E-state index is 0.0493. The van der Waals surface area contributed by atoms with Gasteiger partial charge in [0, 0.05) is 23.6 Å². The smallest absolute Gasteiger partial charge is 0.433 e. The molecule has 0 spiro atoms. The summed E-state index contributed by atoms with van der Waals surface area (Å²) in [7, 11) is 0. The van der Waals surface area contributed by atoms with E-state index >= 15 is 0 Å². The highest BCUT2D eigenvalue weighted by Gasteiger charge is 2.36. The number of ether oxygens (including phenoxy) is 1. The molecule has 4 heterocycles. The maximum atomic E-state index is 13.8. The molecule has 6 nitrogen and oxygen atoms in total. The van der Waals surface area contributed by atoms with Crippen molar-refractivity contribution in [2.75, 3.05) is 19.7 Å². The van der Waals surface area contributed by atoms with Crippen LogP contribution in [0.5, 0.6) is 0 Å². The number of esters is 1. The van der Waals surface area contributed by atoms with Crippen LogP contribution in [0.1, 0.15) is 48.3 Å². The third-order valence-electron chi connectivity index (χ3n) is 6.65. The average molecular weight is 458 g/mol. The number of nitrogens with zero attached hydrogens (tertiary/aromatic N) is 4. The van der Waals surface area contributed by atoms with Crippen molar-refractivity contribution in [1.82, 2.24) is 19.5 Å². The third-order valence-corrected chi connectivity index (χ3v) is 6.65. The first kappa shape index (κ1) is 21.9. The van der Waals surface area contributed by atoms with Crippen molar-refractivity contribution in [3.8, 4) is 11.3 Å². The van der Waals surface area contributed by atoms with Gasteiger partial charge in [-0.2, -0.15) is 18.3 Å². The third kappa shape index (κ3) is 4.46. The first-order valence-electron chi connectivity index (χ1n) is 11.3. The van der Waals surface area contributed by atoms with Crippen LogP contribution in [0.3, 0.4) is 0 Å². The van der Waals surface area contributed by atoms with E-state index in [2.05, 4.69) is 15.0 Å². The van der Waals surface area contributed by atoms with Crippen LogP contribution in [-0.2, 0) is 10.9 Å². The van der Waals surface area contributed by atoms with Gasteiger partial charge in [0.15, 0.2) is 17.0 Å². The molecule has 2 fully saturated rings. The van der Waals surface area contributed by atoms with Crippen molar-refractivity contribution in [1.29, 1.82) is 0 Å². The van der Waals surface area contributed by atoms with Crippen molar-refractivity contribution in [3.05, 3.63) is 53.9 Å². The number of aromatic nitrogens is 3. The van der Waals surface area contributed by atoms with Gasteiger partial charge in [0.1, 0.15) is 0 Å². The van der Waals surface area contributed by atoms with E-state index in [1.165, 1.54) is 18.9 Å². The van der Waals surface area contributed by atoms with Gasteiger partial charge in [-0.25, -0.2) is 14.3 Å². The molecule has 2 aliphatic rings. The molecule has 174 valence electrons. The molecule has 2 saturated heterocycles. The molecule has 0 N–H and O–H groups in total. The van der Waals surface area contributed by atoms with Crippen LogP contribution in [0.25, 0.3) is 16.9 Å². The van der Waals surface area contributed by atoms with Gasteiger partial charge in [0.05, 0.1) is 12.3 Å². The van der Waals surface area contributed by atoms with E-state index in [1.54, 1.807) is 30.3 Å². The predicted octanol–water partition coefficient (Wildman–Crippen LogP) is 4.84. The standard InChI is InChI=1S/C24H25F3N4O2/c25-24(26,27)21-13-18(16-7-2-1-3-8-16)28-22-14-19(29-31(21)22)23(32)33-15-17-9-6-12-30-11-5-4-10-20(17)30/h1-3,7-8,13-14,17,20H,4-6,9-12,15H2/t17-,20-/m1/s1. The summed E-state index contributed by atoms with van der Waals surface area (Å²) in [5, 5.41) is 3.91. The zero-order valence-electron chi connectivity index (χ0n) is 18.1. The summed E-state index contributed by atoms with van der Waals surface area (Å²) in [4.78, 5) is 19.5. The second-order valence-corrected chi connectivity index (χ2v) is 8.79. The van der Waals surface area contributed by atoms with Crippen LogP contribution < -0.4 is 0 Å². The van der Waals surface area contributed by atoms with Gasteiger partial charge >= 0.3 is 12.1 Å². The quantitative estimate of drug-likeness (QED) is 0.524. The summed E-state index contributed by atoms with van der Waals surface area (Å²) in [6.45, 7) is 2.41. The summed E-state index contributed by atoms with van der Waals surface area (Å²) in [6.07, 6.45) is 0.855. The fraction of sp³-hybridized carbons (Fsp3) is 0.458. The molecule has 0 saturated carbocycles. The Morgan fingerprint density at radius 2 is 1.85 bits per heavy atom. The van der Waals surface area contributed by atoms with Gasteiger partial charge in [-0.3, -0.25) is 4.90 Å². The molecule has 2 aliphatic heterocycles.